The van der Waals surface area contributed by atoms with Gasteiger partial charge < -0.3 is 26.4 Å². The van der Waals surface area contributed by atoms with Crippen molar-refractivity contribution in [2.24, 2.45) is 0 Å². The summed E-state index contributed by atoms with van der Waals surface area (Å²) in [6.07, 6.45) is -0.658. The van der Waals surface area contributed by atoms with Crippen LogP contribution in [0.15, 0.2) is 24.3 Å². The van der Waals surface area contributed by atoms with Crippen LogP contribution < -0.4 is 21.7 Å². The average molecular weight is 336 g/mol. The lowest BCUT2D eigenvalue weighted by Crippen LogP contribution is -2.42. The highest BCUT2D eigenvalue weighted by Crippen LogP contribution is 2.06. The number of ether oxygens (including phenoxy) is 1. The molecule has 8 nitrogen and oxygen atoms in total. The number of nitrogens with two attached hydrogens (primary N) is 1. The molecule has 0 saturated carbocycles. The summed E-state index contributed by atoms with van der Waals surface area (Å²) in [5.74, 6) is -0.626. The van der Waals surface area contributed by atoms with E-state index in [0.717, 1.165) is 0 Å². The molecule has 0 atom stereocenters. The van der Waals surface area contributed by atoms with Crippen LogP contribution in [0, 0.1) is 0 Å². The molecule has 0 radical (unpaired) electrons. The van der Waals surface area contributed by atoms with Crippen LogP contribution in [-0.2, 0) is 9.53 Å². The largest absolute Gasteiger partial charge is 0.444 e. The first kappa shape index (κ1) is 19.3. The molecule has 132 valence electrons. The maximum Gasteiger partial charge on any atom is 0.408 e. The number of hydrogen-bond donors (Lipinski definition) is 4. The van der Waals surface area contributed by atoms with Crippen molar-refractivity contribution in [3.05, 3.63) is 29.8 Å². The molecule has 0 heterocycles. The van der Waals surface area contributed by atoms with Gasteiger partial charge in [0.15, 0.2) is 0 Å². The van der Waals surface area contributed by atoms with E-state index >= 15 is 0 Å². The number of hydrogen-bond acceptors (Lipinski definition) is 5. The van der Waals surface area contributed by atoms with Crippen LogP contribution in [0.2, 0.25) is 0 Å². The third kappa shape index (κ3) is 8.02. The Kier molecular flexibility index (Phi) is 7.03. The summed E-state index contributed by atoms with van der Waals surface area (Å²) >= 11 is 0. The Balaban J connectivity index is 2.18. The lowest BCUT2D eigenvalue weighted by atomic mass is 10.2. The molecule has 0 unspecified atom stereocenters. The minimum absolute atomic E-state index is 0.194. The van der Waals surface area contributed by atoms with Crippen LogP contribution in [-0.4, -0.2) is 43.1 Å². The van der Waals surface area contributed by atoms with Gasteiger partial charge >= 0.3 is 6.09 Å². The normalized spacial score (nSPS) is 10.6. The van der Waals surface area contributed by atoms with E-state index in [0.29, 0.717) is 11.3 Å². The van der Waals surface area contributed by atoms with E-state index in [1.54, 1.807) is 45.0 Å². The summed E-state index contributed by atoms with van der Waals surface area (Å²) < 4.78 is 5.01. The number of anilines is 1. The standard InChI is InChI=1S/C16H24N4O4/c1-16(2,3)24-15(23)20-10-13(21)18-8-9-19-14(22)11-4-6-12(17)7-5-11/h4-7H,8-10,17H2,1-3H3,(H,18,21)(H,19,22)(H,20,23). The molecular weight excluding hydrogens is 312 g/mol. The second-order valence-electron chi connectivity index (χ2n) is 6.08. The van der Waals surface area contributed by atoms with Gasteiger partial charge in [-0.05, 0) is 45.0 Å². The van der Waals surface area contributed by atoms with Crippen molar-refractivity contribution in [3.8, 4) is 0 Å². The zero-order chi connectivity index (χ0) is 18.2. The van der Waals surface area contributed by atoms with E-state index < -0.39 is 11.7 Å². The highest BCUT2D eigenvalue weighted by Gasteiger charge is 2.16. The first-order valence-electron chi connectivity index (χ1n) is 7.54. The predicted molar refractivity (Wildman–Crippen MR) is 90.4 cm³/mol. The summed E-state index contributed by atoms with van der Waals surface area (Å²) in [5, 5.41) is 7.58. The molecule has 0 bridgehead atoms. The van der Waals surface area contributed by atoms with Gasteiger partial charge in [-0.25, -0.2) is 4.79 Å². The van der Waals surface area contributed by atoms with Crippen LogP contribution >= 0.6 is 0 Å². The van der Waals surface area contributed by atoms with Gasteiger partial charge in [0.25, 0.3) is 5.91 Å². The van der Waals surface area contributed by atoms with E-state index in [9.17, 15) is 14.4 Å². The van der Waals surface area contributed by atoms with Crippen LogP contribution in [0.25, 0.3) is 0 Å². The molecule has 5 N–H and O–H groups in total. The van der Waals surface area contributed by atoms with E-state index in [1.165, 1.54) is 0 Å². The molecule has 0 aliphatic heterocycles. The molecule has 0 saturated heterocycles. The fourth-order valence-corrected chi connectivity index (χ4v) is 1.64. The Morgan fingerprint density at radius 3 is 2.17 bits per heavy atom. The van der Waals surface area contributed by atoms with Gasteiger partial charge in [0, 0.05) is 24.3 Å². The van der Waals surface area contributed by atoms with Crippen molar-refractivity contribution < 1.29 is 19.1 Å². The van der Waals surface area contributed by atoms with Crippen molar-refractivity contribution in [3.63, 3.8) is 0 Å². The van der Waals surface area contributed by atoms with Gasteiger partial charge in [-0.1, -0.05) is 0 Å². The fraction of sp³-hybridized carbons (Fsp3) is 0.438. The number of nitrogen functional groups attached to an aromatic ring is 1. The molecule has 0 aromatic heterocycles. The summed E-state index contributed by atoms with van der Waals surface area (Å²) in [6, 6.07) is 6.51. The summed E-state index contributed by atoms with van der Waals surface area (Å²) in [6.45, 7) is 5.51. The maximum atomic E-state index is 11.8. The molecule has 0 aliphatic carbocycles. The van der Waals surface area contributed by atoms with Gasteiger partial charge in [-0.3, -0.25) is 9.59 Å². The Bertz CT molecular complexity index is 579. The molecular formula is C16H24N4O4. The van der Waals surface area contributed by atoms with E-state index in [1.807, 2.05) is 0 Å². The van der Waals surface area contributed by atoms with Gasteiger partial charge in [-0.2, -0.15) is 0 Å². The molecule has 3 amide bonds. The van der Waals surface area contributed by atoms with Gasteiger partial charge in [0.05, 0.1) is 6.54 Å². The molecule has 8 heteroatoms. The number of alkyl carbamates (subject to hydrolysis) is 1. The summed E-state index contributed by atoms with van der Waals surface area (Å²) in [7, 11) is 0. The van der Waals surface area contributed by atoms with Crippen LogP contribution in [0.4, 0.5) is 10.5 Å². The number of carbonyl (C=O) groups excluding carboxylic acids is 3. The minimum atomic E-state index is -0.658. The lowest BCUT2D eigenvalue weighted by Gasteiger charge is -2.19. The second-order valence-corrected chi connectivity index (χ2v) is 6.08. The average Bonchev–Trinajstić information content (AvgIpc) is 2.48. The van der Waals surface area contributed by atoms with E-state index in [2.05, 4.69) is 16.0 Å². The van der Waals surface area contributed by atoms with Gasteiger partial charge in [-0.15, -0.1) is 0 Å². The van der Waals surface area contributed by atoms with E-state index in [4.69, 9.17) is 10.5 Å². The summed E-state index contributed by atoms with van der Waals surface area (Å²) in [5.41, 5.74) is 6.00. The van der Waals surface area contributed by atoms with Crippen molar-refractivity contribution in [2.45, 2.75) is 26.4 Å². The molecule has 1 rings (SSSR count). The molecule has 0 fully saturated rings. The number of amides is 3. The minimum Gasteiger partial charge on any atom is -0.444 e. The van der Waals surface area contributed by atoms with Crippen molar-refractivity contribution >= 4 is 23.6 Å². The molecule has 0 spiro atoms. The molecule has 1 aromatic carbocycles. The third-order valence-electron chi connectivity index (χ3n) is 2.70. The topological polar surface area (TPSA) is 123 Å². The molecule has 24 heavy (non-hydrogen) atoms. The number of carbonyl (C=O) groups is 3. The van der Waals surface area contributed by atoms with Gasteiger partial charge in [0.2, 0.25) is 5.91 Å². The van der Waals surface area contributed by atoms with Crippen LogP contribution in [0.1, 0.15) is 31.1 Å². The van der Waals surface area contributed by atoms with Gasteiger partial charge in [0.1, 0.15) is 5.60 Å². The SMILES string of the molecule is CC(C)(C)OC(=O)NCC(=O)NCCNC(=O)c1ccc(N)cc1. The van der Waals surface area contributed by atoms with Crippen molar-refractivity contribution in [2.75, 3.05) is 25.4 Å². The summed E-state index contributed by atoms with van der Waals surface area (Å²) in [4.78, 5) is 34.8. The monoisotopic (exact) mass is 336 g/mol. The Labute approximate surface area is 141 Å². The number of benzene rings is 1. The third-order valence-corrected chi connectivity index (χ3v) is 2.70. The first-order valence-corrected chi connectivity index (χ1v) is 7.54. The smallest absolute Gasteiger partial charge is 0.408 e. The van der Waals surface area contributed by atoms with Crippen molar-refractivity contribution in [1.29, 1.82) is 0 Å². The maximum absolute atomic E-state index is 11.8. The molecule has 0 aliphatic rings. The first-order chi connectivity index (χ1) is 11.2. The highest BCUT2D eigenvalue weighted by atomic mass is 16.6. The van der Waals surface area contributed by atoms with E-state index in [-0.39, 0.29) is 31.4 Å². The fourth-order valence-electron chi connectivity index (χ4n) is 1.64. The zero-order valence-electron chi connectivity index (χ0n) is 14.1. The number of rotatable bonds is 6. The predicted octanol–water partition coefficient (Wildman–Crippen LogP) is 0.640. The second kappa shape index (κ2) is 8.76. The quantitative estimate of drug-likeness (QED) is 0.448. The van der Waals surface area contributed by atoms with Crippen LogP contribution in [0.5, 0.6) is 0 Å². The Morgan fingerprint density at radius 2 is 1.58 bits per heavy atom. The highest BCUT2D eigenvalue weighted by molar-refractivity contribution is 5.94. The van der Waals surface area contributed by atoms with Crippen molar-refractivity contribution in [1.82, 2.24) is 16.0 Å². The zero-order valence-corrected chi connectivity index (χ0v) is 14.1. The van der Waals surface area contributed by atoms with Crippen LogP contribution in [0.3, 0.4) is 0 Å². The Morgan fingerprint density at radius 1 is 1.00 bits per heavy atom. The number of nitrogens with one attached hydrogen (secondary N) is 3. The molecule has 1 aromatic rings. The Hall–Kier alpha value is -2.77. The lowest BCUT2D eigenvalue weighted by molar-refractivity contribution is -0.120.